The van der Waals surface area contributed by atoms with Crippen molar-refractivity contribution in [3.8, 4) is 0 Å². The van der Waals surface area contributed by atoms with Crippen LogP contribution in [0.4, 0.5) is 4.39 Å². The van der Waals surface area contributed by atoms with Crippen LogP contribution >= 0.6 is 0 Å². The first-order valence-corrected chi connectivity index (χ1v) is 6.40. The Morgan fingerprint density at radius 2 is 1.79 bits per heavy atom. The molecule has 0 radical (unpaired) electrons. The summed E-state index contributed by atoms with van der Waals surface area (Å²) >= 11 is 0. The number of aromatic nitrogens is 1. The Kier molecular flexibility index (Phi) is 3.45. The van der Waals surface area contributed by atoms with Crippen LogP contribution in [-0.2, 0) is 9.31 Å². The van der Waals surface area contributed by atoms with E-state index in [1.807, 2.05) is 27.7 Å². The van der Waals surface area contributed by atoms with E-state index in [0.29, 0.717) is 11.0 Å². The summed E-state index contributed by atoms with van der Waals surface area (Å²) in [4.78, 5) is 3.68. The zero-order valence-corrected chi connectivity index (χ0v) is 12.0. The fourth-order valence-electron chi connectivity index (χ4n) is 2.02. The van der Waals surface area contributed by atoms with Crippen LogP contribution in [0.2, 0.25) is 0 Å². The van der Waals surface area contributed by atoms with E-state index in [2.05, 4.69) is 4.98 Å². The highest BCUT2D eigenvalue weighted by Gasteiger charge is 2.52. The largest absolute Gasteiger partial charge is 0.496 e. The summed E-state index contributed by atoms with van der Waals surface area (Å²) in [6, 6.07) is 1.02. The maximum absolute atomic E-state index is 13.3. The third kappa shape index (κ3) is 2.52. The quantitative estimate of drug-likeness (QED) is 0.651. The lowest BCUT2D eigenvalue weighted by atomic mass is 9.76. The Morgan fingerprint density at radius 3 is 2.26 bits per heavy atom. The van der Waals surface area contributed by atoms with Gasteiger partial charge in [0, 0.05) is 17.7 Å². The van der Waals surface area contributed by atoms with Crippen molar-refractivity contribution in [1.29, 1.82) is 0 Å². The Labute approximate surface area is 113 Å². The molecule has 6 heteroatoms. The van der Waals surface area contributed by atoms with E-state index in [-0.39, 0.29) is 6.04 Å². The van der Waals surface area contributed by atoms with Gasteiger partial charge in [0.2, 0.25) is 5.95 Å². The van der Waals surface area contributed by atoms with Gasteiger partial charge in [-0.25, -0.2) is 4.98 Å². The molecular formula is C13H20BFN2O2. The Bertz CT molecular complexity index is 476. The van der Waals surface area contributed by atoms with Crippen LogP contribution in [0.5, 0.6) is 0 Å². The van der Waals surface area contributed by atoms with E-state index in [4.69, 9.17) is 15.0 Å². The van der Waals surface area contributed by atoms with E-state index in [1.54, 1.807) is 6.92 Å². The summed E-state index contributed by atoms with van der Waals surface area (Å²) in [6.07, 6.45) is 1.44. The summed E-state index contributed by atoms with van der Waals surface area (Å²) in [5, 5.41) is 0. The fourth-order valence-corrected chi connectivity index (χ4v) is 2.02. The SMILES string of the molecule is CC(N)c1cc(F)ncc1B1OC(C)(C)C(C)(C)O1. The normalized spacial score (nSPS) is 22.6. The molecule has 1 aromatic rings. The van der Waals surface area contributed by atoms with Gasteiger partial charge in [-0.1, -0.05) is 0 Å². The lowest BCUT2D eigenvalue weighted by Crippen LogP contribution is -2.41. The monoisotopic (exact) mass is 266 g/mol. The molecule has 1 unspecified atom stereocenters. The van der Waals surface area contributed by atoms with Gasteiger partial charge in [-0.2, -0.15) is 4.39 Å². The highest BCUT2D eigenvalue weighted by atomic mass is 19.1. The van der Waals surface area contributed by atoms with Crippen molar-refractivity contribution in [2.75, 3.05) is 0 Å². The summed E-state index contributed by atoms with van der Waals surface area (Å²) in [5.41, 5.74) is 6.34. The second kappa shape index (κ2) is 4.54. The van der Waals surface area contributed by atoms with E-state index < -0.39 is 24.3 Å². The predicted molar refractivity (Wildman–Crippen MR) is 72.5 cm³/mol. The van der Waals surface area contributed by atoms with E-state index in [9.17, 15) is 4.39 Å². The lowest BCUT2D eigenvalue weighted by Gasteiger charge is -2.32. The molecule has 2 N–H and O–H groups in total. The Morgan fingerprint density at radius 1 is 1.26 bits per heavy atom. The summed E-state index contributed by atoms with van der Waals surface area (Å²) in [5.74, 6) is -0.549. The third-order valence-electron chi connectivity index (χ3n) is 3.93. The smallest absolute Gasteiger partial charge is 0.399 e. The van der Waals surface area contributed by atoms with Crippen molar-refractivity contribution >= 4 is 12.6 Å². The molecule has 0 bridgehead atoms. The highest BCUT2D eigenvalue weighted by Crippen LogP contribution is 2.36. The minimum Gasteiger partial charge on any atom is -0.399 e. The van der Waals surface area contributed by atoms with Crippen LogP contribution in [-0.4, -0.2) is 23.3 Å². The van der Waals surface area contributed by atoms with E-state index >= 15 is 0 Å². The molecule has 0 amide bonds. The van der Waals surface area contributed by atoms with Crippen LogP contribution in [0.1, 0.15) is 46.2 Å². The second-order valence-corrected chi connectivity index (χ2v) is 6.01. The molecule has 0 spiro atoms. The molecular weight excluding hydrogens is 246 g/mol. The number of nitrogens with two attached hydrogens (primary N) is 1. The third-order valence-corrected chi connectivity index (χ3v) is 3.93. The minimum absolute atomic E-state index is 0.313. The molecule has 1 atom stereocenters. The Balaban J connectivity index is 2.39. The molecule has 104 valence electrons. The number of hydrogen-bond acceptors (Lipinski definition) is 4. The van der Waals surface area contributed by atoms with Crippen molar-refractivity contribution in [3.63, 3.8) is 0 Å². The topological polar surface area (TPSA) is 57.4 Å². The van der Waals surface area contributed by atoms with E-state index in [0.717, 1.165) is 0 Å². The van der Waals surface area contributed by atoms with Gasteiger partial charge in [0.1, 0.15) is 0 Å². The summed E-state index contributed by atoms with van der Waals surface area (Å²) in [6.45, 7) is 9.67. The maximum Gasteiger partial charge on any atom is 0.496 e. The van der Waals surface area contributed by atoms with Crippen LogP contribution in [0.15, 0.2) is 12.3 Å². The van der Waals surface area contributed by atoms with Gasteiger partial charge in [0.25, 0.3) is 0 Å². The number of pyridine rings is 1. The highest BCUT2D eigenvalue weighted by molar-refractivity contribution is 6.62. The zero-order valence-electron chi connectivity index (χ0n) is 12.0. The standard InChI is InChI=1S/C13H20BFN2O2/c1-8(16)9-6-11(15)17-7-10(9)14-18-12(2,3)13(4,5)19-14/h6-8H,16H2,1-5H3. The Hall–Kier alpha value is -0.975. The zero-order chi connectivity index (χ0) is 14.4. The number of hydrogen-bond donors (Lipinski definition) is 1. The molecule has 1 fully saturated rings. The first-order valence-electron chi connectivity index (χ1n) is 6.40. The first-order chi connectivity index (χ1) is 8.64. The second-order valence-electron chi connectivity index (χ2n) is 6.01. The van der Waals surface area contributed by atoms with Crippen molar-refractivity contribution in [3.05, 3.63) is 23.8 Å². The summed E-state index contributed by atoms with van der Waals surface area (Å²) in [7, 11) is -0.570. The molecule has 1 aliphatic rings. The van der Waals surface area contributed by atoms with Crippen molar-refractivity contribution in [2.45, 2.75) is 51.9 Å². The predicted octanol–water partition coefficient (Wildman–Crippen LogP) is 1.54. The van der Waals surface area contributed by atoms with Crippen LogP contribution in [0, 0.1) is 5.95 Å². The average Bonchev–Trinajstić information content (AvgIpc) is 2.47. The first kappa shape index (κ1) is 14.4. The maximum atomic E-state index is 13.3. The van der Waals surface area contributed by atoms with Gasteiger partial charge in [0.05, 0.1) is 11.2 Å². The summed E-state index contributed by atoms with van der Waals surface area (Å²) < 4.78 is 25.1. The number of nitrogens with zero attached hydrogens (tertiary/aromatic N) is 1. The van der Waals surface area contributed by atoms with Gasteiger partial charge >= 0.3 is 7.12 Å². The molecule has 19 heavy (non-hydrogen) atoms. The van der Waals surface area contributed by atoms with Gasteiger partial charge in [-0.3, -0.25) is 0 Å². The molecule has 2 rings (SSSR count). The molecule has 0 aliphatic carbocycles. The van der Waals surface area contributed by atoms with Gasteiger partial charge in [-0.05, 0) is 46.2 Å². The molecule has 0 saturated carbocycles. The molecule has 2 heterocycles. The van der Waals surface area contributed by atoms with Crippen LogP contribution < -0.4 is 11.2 Å². The lowest BCUT2D eigenvalue weighted by molar-refractivity contribution is 0.00578. The van der Waals surface area contributed by atoms with Crippen molar-refractivity contribution < 1.29 is 13.7 Å². The fraction of sp³-hybridized carbons (Fsp3) is 0.615. The van der Waals surface area contributed by atoms with Gasteiger partial charge < -0.3 is 15.0 Å². The molecule has 0 aromatic carbocycles. The number of halogens is 1. The van der Waals surface area contributed by atoms with Gasteiger partial charge in [-0.15, -0.1) is 0 Å². The van der Waals surface area contributed by atoms with Crippen LogP contribution in [0.25, 0.3) is 0 Å². The molecule has 1 aliphatic heterocycles. The van der Waals surface area contributed by atoms with Crippen molar-refractivity contribution in [2.24, 2.45) is 5.73 Å². The average molecular weight is 266 g/mol. The van der Waals surface area contributed by atoms with E-state index in [1.165, 1.54) is 12.3 Å². The minimum atomic E-state index is -0.570. The van der Waals surface area contributed by atoms with Crippen molar-refractivity contribution in [1.82, 2.24) is 4.98 Å². The molecule has 1 aromatic heterocycles. The van der Waals surface area contributed by atoms with Gasteiger partial charge in [0.15, 0.2) is 0 Å². The molecule has 1 saturated heterocycles. The molecule has 4 nitrogen and oxygen atoms in total. The number of rotatable bonds is 2. The van der Waals surface area contributed by atoms with Crippen LogP contribution in [0.3, 0.4) is 0 Å².